The first-order valence-electron chi connectivity index (χ1n) is 8.92. The van der Waals surface area contributed by atoms with Crippen LogP contribution in [0.15, 0.2) is 24.3 Å². The molecule has 1 unspecified atom stereocenters. The van der Waals surface area contributed by atoms with E-state index in [-0.39, 0.29) is 0 Å². The standard InChI is InChI=1S/C19H25ClN2O/c1-21(19(23)18-16-3-2-4-17(16)18)14-9-11-22(12-10-14)15-7-5-13(20)6-8-15/h5-8,14,16-18H,2-4,9-12H2,1H3/t16-,17+,18?. The Morgan fingerprint density at radius 1 is 1.09 bits per heavy atom. The molecule has 3 fully saturated rings. The lowest BCUT2D eigenvalue weighted by molar-refractivity contribution is -0.134. The zero-order chi connectivity index (χ0) is 16.0. The predicted octanol–water partition coefficient (Wildman–Crippen LogP) is 3.81. The fourth-order valence-electron chi connectivity index (χ4n) is 4.77. The number of nitrogens with zero attached hydrogens (tertiary/aromatic N) is 2. The Hall–Kier alpha value is -1.22. The first kappa shape index (κ1) is 15.3. The number of fused-ring (bicyclic) bond motifs is 1. The fraction of sp³-hybridized carbons (Fsp3) is 0.632. The number of rotatable bonds is 3. The van der Waals surface area contributed by atoms with Crippen molar-refractivity contribution in [2.75, 3.05) is 25.0 Å². The molecule has 0 radical (unpaired) electrons. The molecule has 1 aromatic carbocycles. The van der Waals surface area contributed by atoms with E-state index in [2.05, 4.69) is 21.9 Å². The third kappa shape index (κ3) is 2.84. The average molecular weight is 333 g/mol. The van der Waals surface area contributed by atoms with Gasteiger partial charge in [0.2, 0.25) is 5.91 Å². The summed E-state index contributed by atoms with van der Waals surface area (Å²) in [5.41, 5.74) is 1.23. The molecule has 2 aliphatic carbocycles. The molecule has 23 heavy (non-hydrogen) atoms. The van der Waals surface area contributed by atoms with Gasteiger partial charge in [0.25, 0.3) is 0 Å². The number of halogens is 1. The summed E-state index contributed by atoms with van der Waals surface area (Å²) in [7, 11) is 2.03. The van der Waals surface area contributed by atoms with Crippen LogP contribution in [0.1, 0.15) is 32.1 Å². The molecule has 4 heteroatoms. The fourth-order valence-corrected chi connectivity index (χ4v) is 4.89. The van der Waals surface area contributed by atoms with Crippen molar-refractivity contribution in [2.45, 2.75) is 38.1 Å². The second kappa shape index (κ2) is 6.01. The largest absolute Gasteiger partial charge is 0.371 e. The van der Waals surface area contributed by atoms with Gasteiger partial charge in [-0.05, 0) is 61.8 Å². The van der Waals surface area contributed by atoms with Crippen molar-refractivity contribution in [3.63, 3.8) is 0 Å². The van der Waals surface area contributed by atoms with Crippen molar-refractivity contribution in [2.24, 2.45) is 17.8 Å². The van der Waals surface area contributed by atoms with Gasteiger partial charge in [0.05, 0.1) is 0 Å². The van der Waals surface area contributed by atoms with Crippen LogP contribution in [0.2, 0.25) is 5.02 Å². The first-order valence-corrected chi connectivity index (χ1v) is 9.30. The molecule has 3 aliphatic rings. The highest BCUT2D eigenvalue weighted by Gasteiger charge is 2.57. The van der Waals surface area contributed by atoms with Gasteiger partial charge in [-0.3, -0.25) is 4.79 Å². The molecular formula is C19H25ClN2O. The maximum absolute atomic E-state index is 12.7. The molecule has 1 saturated heterocycles. The van der Waals surface area contributed by atoms with Crippen molar-refractivity contribution in [3.8, 4) is 0 Å². The van der Waals surface area contributed by atoms with Crippen molar-refractivity contribution in [1.82, 2.24) is 4.90 Å². The Morgan fingerprint density at radius 2 is 1.70 bits per heavy atom. The van der Waals surface area contributed by atoms with Crippen LogP contribution in [0.4, 0.5) is 5.69 Å². The maximum Gasteiger partial charge on any atom is 0.226 e. The van der Waals surface area contributed by atoms with E-state index in [4.69, 9.17) is 11.6 Å². The van der Waals surface area contributed by atoms with Crippen molar-refractivity contribution in [3.05, 3.63) is 29.3 Å². The molecule has 1 aromatic rings. The topological polar surface area (TPSA) is 23.6 Å². The van der Waals surface area contributed by atoms with Gasteiger partial charge in [-0.25, -0.2) is 0 Å². The van der Waals surface area contributed by atoms with Gasteiger partial charge in [0, 0.05) is 42.8 Å². The summed E-state index contributed by atoms with van der Waals surface area (Å²) in [5, 5.41) is 0.781. The highest BCUT2D eigenvalue weighted by molar-refractivity contribution is 6.30. The van der Waals surface area contributed by atoms with Crippen molar-refractivity contribution in [1.29, 1.82) is 0 Å². The van der Waals surface area contributed by atoms with Crippen LogP contribution in [0.25, 0.3) is 0 Å². The van der Waals surface area contributed by atoms with Crippen LogP contribution in [-0.4, -0.2) is 37.0 Å². The molecule has 1 heterocycles. The summed E-state index contributed by atoms with van der Waals surface area (Å²) in [6, 6.07) is 8.48. The molecule has 4 rings (SSSR count). The number of benzene rings is 1. The maximum atomic E-state index is 12.7. The molecule has 3 atom stereocenters. The van der Waals surface area contributed by atoms with E-state index < -0.39 is 0 Å². The normalized spacial score (nSPS) is 30.2. The molecular weight excluding hydrogens is 308 g/mol. The van der Waals surface area contributed by atoms with Crippen LogP contribution in [0, 0.1) is 17.8 Å². The van der Waals surface area contributed by atoms with E-state index in [0.717, 1.165) is 42.8 Å². The second-order valence-electron chi connectivity index (χ2n) is 7.43. The van der Waals surface area contributed by atoms with Crippen molar-refractivity contribution < 1.29 is 4.79 Å². The van der Waals surface area contributed by atoms with Gasteiger partial charge in [-0.1, -0.05) is 18.0 Å². The van der Waals surface area contributed by atoms with Gasteiger partial charge in [0.1, 0.15) is 0 Å². The van der Waals surface area contributed by atoms with Crippen LogP contribution in [-0.2, 0) is 4.79 Å². The smallest absolute Gasteiger partial charge is 0.226 e. The molecule has 2 saturated carbocycles. The highest BCUT2D eigenvalue weighted by Crippen LogP contribution is 2.58. The summed E-state index contributed by atoms with van der Waals surface area (Å²) in [4.78, 5) is 17.2. The summed E-state index contributed by atoms with van der Waals surface area (Å²) in [5.74, 6) is 2.23. The minimum Gasteiger partial charge on any atom is -0.371 e. The SMILES string of the molecule is CN(C(=O)C1[C@H]2CCC[C@@H]12)C1CCN(c2ccc(Cl)cc2)CC1. The summed E-state index contributed by atoms with van der Waals surface area (Å²) >= 11 is 5.96. The van der Waals surface area contributed by atoms with Gasteiger partial charge in [-0.15, -0.1) is 0 Å². The Balaban J connectivity index is 1.32. The number of hydrogen-bond acceptors (Lipinski definition) is 2. The molecule has 0 bridgehead atoms. The Kier molecular flexibility index (Phi) is 4.00. The molecule has 124 valence electrons. The van der Waals surface area contributed by atoms with Gasteiger partial charge in [0.15, 0.2) is 0 Å². The summed E-state index contributed by atoms with van der Waals surface area (Å²) < 4.78 is 0. The number of hydrogen-bond donors (Lipinski definition) is 0. The van der Waals surface area contributed by atoms with E-state index in [9.17, 15) is 4.79 Å². The number of piperidine rings is 1. The summed E-state index contributed by atoms with van der Waals surface area (Å²) in [6.07, 6.45) is 6.02. The minimum atomic E-state index is 0.364. The van der Waals surface area contributed by atoms with E-state index in [1.807, 2.05) is 19.2 Å². The third-order valence-electron chi connectivity index (χ3n) is 6.24. The van der Waals surface area contributed by atoms with Gasteiger partial charge < -0.3 is 9.80 Å². The van der Waals surface area contributed by atoms with Crippen LogP contribution >= 0.6 is 11.6 Å². The van der Waals surface area contributed by atoms with Crippen LogP contribution in [0.3, 0.4) is 0 Å². The predicted molar refractivity (Wildman–Crippen MR) is 93.8 cm³/mol. The molecule has 0 spiro atoms. The zero-order valence-corrected chi connectivity index (χ0v) is 14.5. The van der Waals surface area contributed by atoms with E-state index in [1.54, 1.807) is 0 Å². The molecule has 1 amide bonds. The molecule has 3 nitrogen and oxygen atoms in total. The third-order valence-corrected chi connectivity index (χ3v) is 6.50. The number of anilines is 1. The van der Waals surface area contributed by atoms with Crippen molar-refractivity contribution >= 4 is 23.2 Å². The number of amides is 1. The quantitative estimate of drug-likeness (QED) is 0.840. The lowest BCUT2D eigenvalue weighted by Crippen LogP contribution is -2.46. The number of carbonyl (C=O) groups excluding carboxylic acids is 1. The van der Waals surface area contributed by atoms with Gasteiger partial charge >= 0.3 is 0 Å². The zero-order valence-electron chi connectivity index (χ0n) is 13.7. The highest BCUT2D eigenvalue weighted by atomic mass is 35.5. The Morgan fingerprint density at radius 3 is 2.30 bits per heavy atom. The molecule has 1 aliphatic heterocycles. The van der Waals surface area contributed by atoms with Crippen LogP contribution < -0.4 is 4.90 Å². The van der Waals surface area contributed by atoms with E-state index >= 15 is 0 Å². The molecule has 0 N–H and O–H groups in total. The Labute approximate surface area is 143 Å². The molecule has 0 aromatic heterocycles. The second-order valence-corrected chi connectivity index (χ2v) is 7.86. The monoisotopic (exact) mass is 332 g/mol. The van der Waals surface area contributed by atoms with E-state index in [1.165, 1.54) is 24.9 Å². The Bertz CT molecular complexity index is 570. The lowest BCUT2D eigenvalue weighted by atomic mass is 10.0. The number of carbonyl (C=O) groups is 1. The van der Waals surface area contributed by atoms with E-state index in [0.29, 0.717) is 17.9 Å². The van der Waals surface area contributed by atoms with Gasteiger partial charge in [-0.2, -0.15) is 0 Å². The first-order chi connectivity index (χ1) is 11.1. The lowest BCUT2D eigenvalue weighted by Gasteiger charge is -2.38. The average Bonchev–Trinajstić information content (AvgIpc) is 3.06. The minimum absolute atomic E-state index is 0.364. The van der Waals surface area contributed by atoms with Crippen LogP contribution in [0.5, 0.6) is 0 Å². The summed E-state index contributed by atoms with van der Waals surface area (Å²) in [6.45, 7) is 2.03.